The van der Waals surface area contributed by atoms with E-state index in [1.54, 1.807) is 9.80 Å². The molecule has 0 saturated carbocycles. The maximum absolute atomic E-state index is 13.3. The minimum absolute atomic E-state index is 0. The van der Waals surface area contributed by atoms with Crippen LogP contribution in [0, 0.1) is 0 Å². The number of carbonyl (C=O) groups is 2. The van der Waals surface area contributed by atoms with Gasteiger partial charge in [0.15, 0.2) is 0 Å². The second kappa shape index (κ2) is 13.4. The van der Waals surface area contributed by atoms with E-state index in [9.17, 15) is 35.9 Å². The maximum Gasteiger partial charge on any atom is 0.416 e. The first-order valence-corrected chi connectivity index (χ1v) is 13.0. The number of amides is 2. The van der Waals surface area contributed by atoms with Gasteiger partial charge in [0, 0.05) is 52.1 Å². The van der Waals surface area contributed by atoms with E-state index in [0.29, 0.717) is 57.8 Å². The molecule has 6 nitrogen and oxygen atoms in total. The van der Waals surface area contributed by atoms with Gasteiger partial charge < -0.3 is 14.5 Å². The Bertz CT molecular complexity index is 1150. The number of carbonyl (C=O) groups excluding carboxylic acids is 2. The molecule has 0 N–H and O–H groups in total. The van der Waals surface area contributed by atoms with Crippen LogP contribution in [0.5, 0.6) is 0 Å². The molecule has 41 heavy (non-hydrogen) atoms. The Morgan fingerprint density at radius 1 is 0.854 bits per heavy atom. The van der Waals surface area contributed by atoms with Crippen LogP contribution in [0.1, 0.15) is 41.5 Å². The molecule has 0 aromatic heterocycles. The molecule has 0 unspecified atom stereocenters. The number of likely N-dealkylation sites (tertiary alicyclic amines) is 1. The Hall–Kier alpha value is -2.83. The van der Waals surface area contributed by atoms with Gasteiger partial charge in [-0.3, -0.25) is 14.5 Å². The van der Waals surface area contributed by atoms with Crippen molar-refractivity contribution >= 4 is 24.2 Å². The second-order valence-corrected chi connectivity index (χ2v) is 10.2. The van der Waals surface area contributed by atoms with Crippen molar-refractivity contribution in [3.63, 3.8) is 0 Å². The largest absolute Gasteiger partial charge is 0.416 e. The van der Waals surface area contributed by atoms with Crippen molar-refractivity contribution in [3.05, 3.63) is 70.8 Å². The quantitative estimate of drug-likeness (QED) is 0.423. The Kier molecular flexibility index (Phi) is 10.7. The molecule has 0 bridgehead atoms. The van der Waals surface area contributed by atoms with Crippen molar-refractivity contribution in [1.82, 2.24) is 14.7 Å². The molecule has 0 spiro atoms. The summed E-state index contributed by atoms with van der Waals surface area (Å²) in [6, 6.07) is 10.7. The highest BCUT2D eigenvalue weighted by Crippen LogP contribution is 2.37. The summed E-state index contributed by atoms with van der Waals surface area (Å²) < 4.78 is 85.7. The average Bonchev–Trinajstić information content (AvgIpc) is 2.91. The summed E-state index contributed by atoms with van der Waals surface area (Å²) in [7, 11) is 0. The first-order chi connectivity index (χ1) is 18.8. The van der Waals surface area contributed by atoms with Crippen LogP contribution >= 0.6 is 12.4 Å². The van der Waals surface area contributed by atoms with Crippen LogP contribution in [-0.4, -0.2) is 78.4 Å². The highest BCUT2D eigenvalue weighted by Gasteiger charge is 2.38. The lowest BCUT2D eigenvalue weighted by Crippen LogP contribution is -2.53. The van der Waals surface area contributed by atoms with Crippen molar-refractivity contribution in [2.24, 2.45) is 0 Å². The third kappa shape index (κ3) is 8.59. The van der Waals surface area contributed by atoms with Crippen LogP contribution in [0.15, 0.2) is 48.5 Å². The highest BCUT2D eigenvalue weighted by atomic mass is 35.5. The van der Waals surface area contributed by atoms with Crippen LogP contribution in [-0.2, 0) is 33.3 Å². The fourth-order valence-electron chi connectivity index (χ4n) is 5.19. The summed E-state index contributed by atoms with van der Waals surface area (Å²) >= 11 is 0. The summed E-state index contributed by atoms with van der Waals surface area (Å²) in [5.74, 6) is -0.400. The molecule has 2 saturated heterocycles. The number of hydrogen-bond acceptors (Lipinski definition) is 4. The fourth-order valence-corrected chi connectivity index (χ4v) is 5.19. The number of ether oxygens (including phenoxy) is 1. The van der Waals surface area contributed by atoms with Crippen LogP contribution < -0.4 is 0 Å². The minimum atomic E-state index is -4.94. The van der Waals surface area contributed by atoms with Crippen molar-refractivity contribution in [2.75, 3.05) is 45.8 Å². The molecule has 2 amide bonds. The maximum atomic E-state index is 13.3. The standard InChI is InChI=1S/C28H31F6N3O3.ClH/c1-19(38)36-11-9-35(10-12-36)17-26(39)37-8-7-25(24(16-37)21-5-3-2-4-6-21)40-18-20-13-22(27(29,30)31)15-23(14-20)28(32,33)34;/h2-6,13-15,24-25H,7-12,16-18H2,1H3;1H/t24-,25-;/m0./s1. The number of piperazine rings is 1. The monoisotopic (exact) mass is 607 g/mol. The van der Waals surface area contributed by atoms with Gasteiger partial charge >= 0.3 is 12.4 Å². The van der Waals surface area contributed by atoms with Gasteiger partial charge in [0.05, 0.1) is 30.4 Å². The van der Waals surface area contributed by atoms with E-state index in [0.717, 1.165) is 5.56 Å². The molecule has 2 aromatic carbocycles. The van der Waals surface area contributed by atoms with Gasteiger partial charge in [-0.25, -0.2) is 0 Å². The summed E-state index contributed by atoms with van der Waals surface area (Å²) in [6.45, 7) is 4.20. The Balaban J connectivity index is 0.00000462. The van der Waals surface area contributed by atoms with Gasteiger partial charge in [-0.1, -0.05) is 30.3 Å². The van der Waals surface area contributed by atoms with Crippen LogP contribution in [0.3, 0.4) is 0 Å². The molecule has 0 radical (unpaired) electrons. The molecule has 2 aromatic rings. The summed E-state index contributed by atoms with van der Waals surface area (Å²) in [6.07, 6.45) is -10.0. The lowest BCUT2D eigenvalue weighted by atomic mass is 9.87. The minimum Gasteiger partial charge on any atom is -0.373 e. The number of alkyl halides is 6. The zero-order valence-corrected chi connectivity index (χ0v) is 23.2. The molecule has 2 heterocycles. The highest BCUT2D eigenvalue weighted by molar-refractivity contribution is 5.85. The first-order valence-electron chi connectivity index (χ1n) is 13.0. The number of halogens is 7. The van der Waals surface area contributed by atoms with Crippen molar-refractivity contribution < 1.29 is 40.7 Å². The first kappa shape index (κ1) is 32.7. The fraction of sp³-hybridized carbons (Fsp3) is 0.500. The van der Waals surface area contributed by atoms with Crippen LogP contribution in [0.25, 0.3) is 0 Å². The smallest absolute Gasteiger partial charge is 0.373 e. The average molecular weight is 608 g/mol. The molecule has 2 atom stereocenters. The molecule has 2 aliphatic rings. The van der Waals surface area contributed by atoms with E-state index in [1.807, 2.05) is 35.2 Å². The molecule has 2 aliphatic heterocycles. The molecular weight excluding hydrogens is 576 g/mol. The Morgan fingerprint density at radius 3 is 1.98 bits per heavy atom. The number of nitrogens with zero attached hydrogens (tertiary/aromatic N) is 3. The third-order valence-corrected chi connectivity index (χ3v) is 7.42. The lowest BCUT2D eigenvalue weighted by Gasteiger charge is -2.40. The van der Waals surface area contributed by atoms with E-state index in [2.05, 4.69) is 0 Å². The lowest BCUT2D eigenvalue weighted by molar-refractivity contribution is -0.143. The predicted octanol–water partition coefficient (Wildman–Crippen LogP) is 5.21. The molecule has 13 heteroatoms. The second-order valence-electron chi connectivity index (χ2n) is 10.2. The van der Waals surface area contributed by atoms with E-state index >= 15 is 0 Å². The molecule has 226 valence electrons. The van der Waals surface area contributed by atoms with Gasteiger partial charge in [-0.15, -0.1) is 12.4 Å². The Morgan fingerprint density at radius 2 is 1.44 bits per heavy atom. The Labute approximate surface area is 240 Å². The molecular formula is C28H32ClF6N3O3. The van der Waals surface area contributed by atoms with Crippen molar-refractivity contribution in [3.8, 4) is 0 Å². The van der Waals surface area contributed by atoms with E-state index in [1.165, 1.54) is 6.92 Å². The van der Waals surface area contributed by atoms with Crippen LogP contribution in [0.4, 0.5) is 26.3 Å². The van der Waals surface area contributed by atoms with Crippen LogP contribution in [0.2, 0.25) is 0 Å². The zero-order chi connectivity index (χ0) is 29.1. The number of rotatable bonds is 6. The molecule has 4 rings (SSSR count). The van der Waals surface area contributed by atoms with Gasteiger partial charge in [0.1, 0.15) is 0 Å². The van der Waals surface area contributed by atoms with Crippen molar-refractivity contribution in [2.45, 2.75) is 44.3 Å². The van der Waals surface area contributed by atoms with Crippen molar-refractivity contribution in [1.29, 1.82) is 0 Å². The molecule has 2 fully saturated rings. The number of hydrogen-bond donors (Lipinski definition) is 0. The van der Waals surface area contributed by atoms with Gasteiger partial charge in [0.25, 0.3) is 0 Å². The van der Waals surface area contributed by atoms with E-state index in [4.69, 9.17) is 4.74 Å². The summed E-state index contributed by atoms with van der Waals surface area (Å²) in [4.78, 5) is 30.2. The molecule has 0 aliphatic carbocycles. The normalized spacial score (nSPS) is 20.5. The predicted molar refractivity (Wildman–Crippen MR) is 141 cm³/mol. The van der Waals surface area contributed by atoms with Gasteiger partial charge in [-0.05, 0) is 35.7 Å². The number of benzene rings is 2. The summed E-state index contributed by atoms with van der Waals surface area (Å²) in [5, 5.41) is 0. The summed E-state index contributed by atoms with van der Waals surface area (Å²) in [5.41, 5.74) is -2.13. The van der Waals surface area contributed by atoms with E-state index in [-0.39, 0.29) is 48.3 Å². The van der Waals surface area contributed by atoms with Gasteiger partial charge in [0.2, 0.25) is 11.8 Å². The third-order valence-electron chi connectivity index (χ3n) is 7.42. The zero-order valence-electron chi connectivity index (χ0n) is 22.4. The van der Waals surface area contributed by atoms with E-state index < -0.39 is 36.2 Å². The SMILES string of the molecule is CC(=O)N1CCN(CC(=O)N2CC[C@H](OCc3cc(C(F)(F)F)cc(C(F)(F)F)c3)[C@H](c3ccccc3)C2)CC1.Cl. The topological polar surface area (TPSA) is 53.1 Å². The number of piperidine rings is 1. The van der Waals surface area contributed by atoms with Gasteiger partial charge in [-0.2, -0.15) is 26.3 Å².